The Balaban J connectivity index is 0. The Morgan fingerprint density at radius 1 is 0.317 bits per heavy atom. The molecule has 0 saturated carbocycles. The molecule has 1 N–H and O–H groups in total. The lowest BCUT2D eigenvalue weighted by Gasteiger charge is -2.16. The van der Waals surface area contributed by atoms with Gasteiger partial charge in [-0.25, -0.2) is 0 Å². The molecule has 1 nitrogen and oxygen atoms in total. The second-order valence-corrected chi connectivity index (χ2v) is 15.9. The van der Waals surface area contributed by atoms with Gasteiger partial charge >= 0.3 is 0 Å². The number of aliphatic hydroxyl groups excluding tert-OH is 1. The Kier molecular flexibility index (Phi) is 31.5. The third kappa shape index (κ3) is 34.3. The molecule has 0 aliphatic carbocycles. The van der Waals surface area contributed by atoms with Crippen LogP contribution in [-0.2, 0) is 0 Å². The van der Waals surface area contributed by atoms with Crippen LogP contribution >= 0.6 is 0 Å². The van der Waals surface area contributed by atoms with E-state index in [2.05, 4.69) is 76.2 Å². The topological polar surface area (TPSA) is 20.2 Å². The van der Waals surface area contributed by atoms with E-state index in [1.807, 2.05) is 0 Å². The maximum absolute atomic E-state index is 8.91. The van der Waals surface area contributed by atoms with Crippen LogP contribution < -0.4 is 0 Å². The summed E-state index contributed by atoms with van der Waals surface area (Å²) < 4.78 is 0. The number of aliphatic hydroxyl groups is 1. The quantitative estimate of drug-likeness (QED) is 0.102. The first-order valence-corrected chi connectivity index (χ1v) is 19.0. The SMILES string of the molecule is CC(C)CCCC(C)CCCC(C)CCCC(C)CCO.CCC(C)CCCC(C)CCCC(C)CCCC(C)C. The van der Waals surface area contributed by atoms with Gasteiger partial charge in [-0.05, 0) is 53.8 Å². The van der Waals surface area contributed by atoms with E-state index in [1.54, 1.807) is 0 Å². The molecule has 1 heteroatoms. The van der Waals surface area contributed by atoms with E-state index in [4.69, 9.17) is 5.11 Å². The Morgan fingerprint density at radius 3 is 0.756 bits per heavy atom. The summed E-state index contributed by atoms with van der Waals surface area (Å²) in [4.78, 5) is 0. The van der Waals surface area contributed by atoms with E-state index in [9.17, 15) is 0 Å². The van der Waals surface area contributed by atoms with Gasteiger partial charge in [0.05, 0.1) is 0 Å². The van der Waals surface area contributed by atoms with Crippen molar-refractivity contribution in [2.75, 3.05) is 6.61 Å². The van der Waals surface area contributed by atoms with Crippen LogP contribution in [0.1, 0.15) is 205 Å². The zero-order valence-corrected chi connectivity index (χ0v) is 30.9. The molecule has 0 aliphatic heterocycles. The average molecular weight is 581 g/mol. The summed E-state index contributed by atoms with van der Waals surface area (Å²) in [7, 11) is 0. The van der Waals surface area contributed by atoms with E-state index in [1.165, 1.54) is 122 Å². The maximum Gasteiger partial charge on any atom is 0.0433 e. The van der Waals surface area contributed by atoms with E-state index in [-0.39, 0.29) is 0 Å². The lowest BCUT2D eigenvalue weighted by atomic mass is 9.91. The molecule has 250 valence electrons. The van der Waals surface area contributed by atoms with Crippen LogP contribution in [0.5, 0.6) is 0 Å². The molecule has 0 bridgehead atoms. The first-order chi connectivity index (χ1) is 19.4. The molecule has 6 unspecified atom stereocenters. The van der Waals surface area contributed by atoms with Crippen molar-refractivity contribution in [3.05, 3.63) is 0 Å². The Hall–Kier alpha value is -0.0400. The summed E-state index contributed by atoms with van der Waals surface area (Å²) in [6.07, 6.45) is 27.8. The van der Waals surface area contributed by atoms with Gasteiger partial charge in [0.2, 0.25) is 0 Å². The van der Waals surface area contributed by atoms with Crippen molar-refractivity contribution in [3.8, 4) is 0 Å². The van der Waals surface area contributed by atoms with Crippen molar-refractivity contribution in [3.63, 3.8) is 0 Å². The maximum atomic E-state index is 8.91. The van der Waals surface area contributed by atoms with Gasteiger partial charge in [-0.3, -0.25) is 0 Å². The van der Waals surface area contributed by atoms with Crippen molar-refractivity contribution in [2.24, 2.45) is 47.3 Å². The van der Waals surface area contributed by atoms with Gasteiger partial charge in [0, 0.05) is 6.61 Å². The third-order valence-electron chi connectivity index (χ3n) is 9.85. The molecular formula is C40H84O. The fourth-order valence-corrected chi connectivity index (χ4v) is 6.15. The lowest BCUT2D eigenvalue weighted by molar-refractivity contribution is 0.255. The molecule has 0 aromatic heterocycles. The van der Waals surface area contributed by atoms with E-state index in [0.717, 1.165) is 47.8 Å². The van der Waals surface area contributed by atoms with Crippen LogP contribution in [0.25, 0.3) is 0 Å². The molecule has 0 aromatic rings. The van der Waals surface area contributed by atoms with E-state index >= 15 is 0 Å². The van der Waals surface area contributed by atoms with Gasteiger partial charge in [-0.15, -0.1) is 0 Å². The Labute approximate surface area is 263 Å². The molecule has 0 fully saturated rings. The minimum absolute atomic E-state index is 0.353. The molecular weight excluding hydrogens is 496 g/mol. The molecule has 0 aliphatic rings. The summed E-state index contributed by atoms with van der Waals surface area (Å²) in [5.41, 5.74) is 0. The highest BCUT2D eigenvalue weighted by Crippen LogP contribution is 2.24. The molecule has 0 radical (unpaired) electrons. The summed E-state index contributed by atoms with van der Waals surface area (Å²) in [5, 5.41) is 8.91. The zero-order valence-electron chi connectivity index (χ0n) is 30.9. The normalized spacial score (nSPS) is 16.2. The molecule has 0 heterocycles. The molecule has 0 aromatic carbocycles. The van der Waals surface area contributed by atoms with Crippen molar-refractivity contribution >= 4 is 0 Å². The minimum Gasteiger partial charge on any atom is -0.396 e. The molecule has 0 amide bonds. The first-order valence-electron chi connectivity index (χ1n) is 19.0. The highest BCUT2D eigenvalue weighted by Gasteiger charge is 2.09. The zero-order chi connectivity index (χ0) is 31.5. The van der Waals surface area contributed by atoms with Crippen molar-refractivity contribution in [1.82, 2.24) is 0 Å². The fraction of sp³-hybridized carbons (Fsp3) is 1.00. The van der Waals surface area contributed by atoms with Crippen LogP contribution in [0.2, 0.25) is 0 Å². The highest BCUT2D eigenvalue weighted by atomic mass is 16.3. The summed E-state index contributed by atoms with van der Waals surface area (Å²) in [6.45, 7) is 26.4. The standard InChI is InChI=1S/C20H42O.C20H42/c1-17(2)9-6-10-18(3)11-7-12-19(4)13-8-14-20(5)15-16-21;1-7-18(4)12-9-14-20(6)16-10-15-19(5)13-8-11-17(2)3/h17-21H,6-16H2,1-5H3;17-20H,7-16H2,1-6H3. The lowest BCUT2D eigenvalue weighted by Crippen LogP contribution is -2.02. The smallest absolute Gasteiger partial charge is 0.0433 e. The second-order valence-electron chi connectivity index (χ2n) is 15.9. The predicted octanol–water partition coefficient (Wildman–Crippen LogP) is 13.9. The largest absolute Gasteiger partial charge is 0.396 e. The Morgan fingerprint density at radius 2 is 0.537 bits per heavy atom. The monoisotopic (exact) mass is 581 g/mol. The van der Waals surface area contributed by atoms with Crippen molar-refractivity contribution in [2.45, 2.75) is 205 Å². The number of hydrogen-bond acceptors (Lipinski definition) is 1. The van der Waals surface area contributed by atoms with Crippen LogP contribution in [0, 0.1) is 47.3 Å². The molecule has 6 atom stereocenters. The van der Waals surface area contributed by atoms with Crippen LogP contribution in [0.3, 0.4) is 0 Å². The Bertz CT molecular complexity index is 497. The van der Waals surface area contributed by atoms with Crippen molar-refractivity contribution in [1.29, 1.82) is 0 Å². The minimum atomic E-state index is 0.353. The highest BCUT2D eigenvalue weighted by molar-refractivity contribution is 4.62. The van der Waals surface area contributed by atoms with Crippen LogP contribution in [-0.4, -0.2) is 11.7 Å². The third-order valence-corrected chi connectivity index (χ3v) is 9.85. The van der Waals surface area contributed by atoms with Crippen LogP contribution in [0.4, 0.5) is 0 Å². The van der Waals surface area contributed by atoms with Gasteiger partial charge in [-0.1, -0.05) is 198 Å². The van der Waals surface area contributed by atoms with E-state index in [0.29, 0.717) is 12.5 Å². The van der Waals surface area contributed by atoms with Gasteiger partial charge < -0.3 is 5.11 Å². The molecule has 0 saturated heterocycles. The van der Waals surface area contributed by atoms with Gasteiger partial charge in [0.1, 0.15) is 0 Å². The van der Waals surface area contributed by atoms with Gasteiger partial charge in [0.25, 0.3) is 0 Å². The van der Waals surface area contributed by atoms with Gasteiger partial charge in [-0.2, -0.15) is 0 Å². The molecule has 41 heavy (non-hydrogen) atoms. The van der Waals surface area contributed by atoms with E-state index < -0.39 is 0 Å². The summed E-state index contributed by atoms with van der Waals surface area (Å²) in [6, 6.07) is 0. The second kappa shape index (κ2) is 30.0. The van der Waals surface area contributed by atoms with Crippen LogP contribution in [0.15, 0.2) is 0 Å². The molecule has 0 spiro atoms. The summed E-state index contributed by atoms with van der Waals surface area (Å²) >= 11 is 0. The first kappa shape index (κ1) is 43.1. The number of hydrogen-bond donors (Lipinski definition) is 1. The van der Waals surface area contributed by atoms with Crippen molar-refractivity contribution < 1.29 is 5.11 Å². The number of rotatable bonds is 27. The van der Waals surface area contributed by atoms with Gasteiger partial charge in [0.15, 0.2) is 0 Å². The average Bonchev–Trinajstić information content (AvgIpc) is 2.88. The predicted molar refractivity (Wildman–Crippen MR) is 190 cm³/mol. The fourth-order valence-electron chi connectivity index (χ4n) is 6.15. The summed E-state index contributed by atoms with van der Waals surface area (Å²) in [5.74, 6) is 7.07. The molecule has 0 rings (SSSR count).